The van der Waals surface area contributed by atoms with Crippen molar-refractivity contribution in [3.05, 3.63) is 64.9 Å². The highest BCUT2D eigenvalue weighted by Crippen LogP contribution is 2.16. The average Bonchev–Trinajstić information content (AvgIpc) is 2.65. The van der Waals surface area contributed by atoms with Crippen LogP contribution in [0.3, 0.4) is 0 Å². The Morgan fingerprint density at radius 3 is 2.52 bits per heavy atom. The van der Waals surface area contributed by atoms with Gasteiger partial charge in [-0.1, -0.05) is 29.8 Å². The van der Waals surface area contributed by atoms with Gasteiger partial charge in [0.25, 0.3) is 0 Å². The molecule has 25 heavy (non-hydrogen) atoms. The fourth-order valence-electron chi connectivity index (χ4n) is 2.83. The lowest BCUT2D eigenvalue weighted by molar-refractivity contribution is -0.130. The summed E-state index contributed by atoms with van der Waals surface area (Å²) in [5.74, 6) is 1.61. The maximum absolute atomic E-state index is 12.4. The molecular formula is C19H22ClN3OS. The number of carbonyl (C=O) groups excluding carboxylic acids is 1. The molecule has 0 spiro atoms. The summed E-state index contributed by atoms with van der Waals surface area (Å²) in [6.45, 7) is 4.35. The zero-order valence-electron chi connectivity index (χ0n) is 14.1. The first-order valence-corrected chi connectivity index (χ1v) is 9.95. The molecule has 0 N–H and O–H groups in total. The van der Waals surface area contributed by atoms with Crippen LogP contribution in [0.15, 0.2) is 48.8 Å². The molecule has 132 valence electrons. The molecule has 2 heterocycles. The van der Waals surface area contributed by atoms with Crippen molar-refractivity contribution in [2.24, 2.45) is 0 Å². The lowest BCUT2D eigenvalue weighted by atomic mass is 10.2. The Kier molecular flexibility index (Phi) is 6.73. The van der Waals surface area contributed by atoms with Gasteiger partial charge in [-0.25, -0.2) is 0 Å². The van der Waals surface area contributed by atoms with Crippen LogP contribution >= 0.6 is 23.4 Å². The van der Waals surface area contributed by atoms with Gasteiger partial charge in [0.05, 0.1) is 5.75 Å². The molecule has 6 heteroatoms. The molecule has 0 bridgehead atoms. The van der Waals surface area contributed by atoms with Gasteiger partial charge < -0.3 is 4.90 Å². The zero-order chi connectivity index (χ0) is 17.5. The Morgan fingerprint density at radius 2 is 1.84 bits per heavy atom. The summed E-state index contributed by atoms with van der Waals surface area (Å²) in [5, 5.41) is 0.744. The molecule has 1 saturated heterocycles. The van der Waals surface area contributed by atoms with Gasteiger partial charge in [-0.05, 0) is 29.3 Å². The molecule has 1 aliphatic rings. The number of pyridine rings is 1. The predicted octanol–water partition coefficient (Wildman–Crippen LogP) is 3.31. The van der Waals surface area contributed by atoms with Crippen molar-refractivity contribution in [1.29, 1.82) is 0 Å². The molecule has 0 atom stereocenters. The van der Waals surface area contributed by atoms with Gasteiger partial charge in [-0.15, -0.1) is 11.8 Å². The molecule has 1 amide bonds. The maximum Gasteiger partial charge on any atom is 0.232 e. The first-order chi connectivity index (χ1) is 12.2. The largest absolute Gasteiger partial charge is 0.339 e. The van der Waals surface area contributed by atoms with Crippen molar-refractivity contribution in [2.75, 3.05) is 31.9 Å². The molecule has 4 nitrogen and oxygen atoms in total. The van der Waals surface area contributed by atoms with E-state index in [1.54, 1.807) is 18.0 Å². The quantitative estimate of drug-likeness (QED) is 0.776. The topological polar surface area (TPSA) is 36.4 Å². The van der Waals surface area contributed by atoms with Gasteiger partial charge in [0.1, 0.15) is 0 Å². The summed E-state index contributed by atoms with van der Waals surface area (Å²) < 4.78 is 0. The van der Waals surface area contributed by atoms with Crippen molar-refractivity contribution in [1.82, 2.24) is 14.8 Å². The SMILES string of the molecule is O=C(CSCc1ccc(Cl)cc1)N1CCN(Cc2cccnc2)CC1. The summed E-state index contributed by atoms with van der Waals surface area (Å²) in [6.07, 6.45) is 3.70. The second-order valence-corrected chi connectivity index (χ2v) is 7.56. The highest BCUT2D eigenvalue weighted by atomic mass is 35.5. The van der Waals surface area contributed by atoms with E-state index in [2.05, 4.69) is 16.0 Å². The second-order valence-electron chi connectivity index (χ2n) is 6.14. The summed E-state index contributed by atoms with van der Waals surface area (Å²) in [7, 11) is 0. The molecule has 0 saturated carbocycles. The van der Waals surface area contributed by atoms with Crippen molar-refractivity contribution in [3.63, 3.8) is 0 Å². The zero-order valence-corrected chi connectivity index (χ0v) is 15.7. The molecule has 0 aliphatic carbocycles. The number of carbonyl (C=O) groups is 1. The normalized spacial score (nSPS) is 15.3. The highest BCUT2D eigenvalue weighted by molar-refractivity contribution is 7.99. The minimum Gasteiger partial charge on any atom is -0.339 e. The van der Waals surface area contributed by atoms with Crippen molar-refractivity contribution in [3.8, 4) is 0 Å². The van der Waals surface area contributed by atoms with Crippen LogP contribution in [0, 0.1) is 0 Å². The van der Waals surface area contributed by atoms with Crippen LogP contribution in [0.2, 0.25) is 5.02 Å². The van der Waals surface area contributed by atoms with E-state index in [0.717, 1.165) is 43.5 Å². The van der Waals surface area contributed by atoms with Gasteiger partial charge in [0.15, 0.2) is 0 Å². The van der Waals surface area contributed by atoms with E-state index in [1.165, 1.54) is 11.1 Å². The number of amides is 1. The van der Waals surface area contributed by atoms with E-state index in [-0.39, 0.29) is 5.91 Å². The van der Waals surface area contributed by atoms with Gasteiger partial charge in [-0.2, -0.15) is 0 Å². The number of benzene rings is 1. The number of rotatable bonds is 6. The Labute approximate surface area is 158 Å². The lowest BCUT2D eigenvalue weighted by Gasteiger charge is -2.34. The third kappa shape index (κ3) is 5.73. The average molecular weight is 376 g/mol. The highest BCUT2D eigenvalue weighted by Gasteiger charge is 2.20. The van der Waals surface area contributed by atoms with Gasteiger partial charge in [0, 0.05) is 55.9 Å². The van der Waals surface area contributed by atoms with Crippen LogP contribution in [0.25, 0.3) is 0 Å². The van der Waals surface area contributed by atoms with Crippen LogP contribution in [-0.2, 0) is 17.1 Å². The Balaban J connectivity index is 1.37. The molecule has 1 aliphatic heterocycles. The number of nitrogens with zero attached hydrogens (tertiary/aromatic N) is 3. The van der Waals surface area contributed by atoms with Crippen LogP contribution in [0.4, 0.5) is 0 Å². The molecule has 1 fully saturated rings. The molecule has 3 rings (SSSR count). The monoisotopic (exact) mass is 375 g/mol. The number of hydrogen-bond donors (Lipinski definition) is 0. The van der Waals surface area contributed by atoms with Crippen molar-refractivity contribution in [2.45, 2.75) is 12.3 Å². The van der Waals surface area contributed by atoms with Crippen LogP contribution in [0.5, 0.6) is 0 Å². The van der Waals surface area contributed by atoms with Gasteiger partial charge in [-0.3, -0.25) is 14.7 Å². The minimum absolute atomic E-state index is 0.236. The van der Waals surface area contributed by atoms with Crippen molar-refractivity contribution < 1.29 is 4.79 Å². The lowest BCUT2D eigenvalue weighted by Crippen LogP contribution is -2.48. The Hall–Kier alpha value is -1.56. The Morgan fingerprint density at radius 1 is 1.08 bits per heavy atom. The number of hydrogen-bond acceptors (Lipinski definition) is 4. The summed E-state index contributed by atoms with van der Waals surface area (Å²) >= 11 is 7.55. The van der Waals surface area contributed by atoms with Crippen LogP contribution in [-0.4, -0.2) is 52.6 Å². The van der Waals surface area contributed by atoms with E-state index in [1.807, 2.05) is 41.4 Å². The minimum atomic E-state index is 0.236. The van der Waals surface area contributed by atoms with Crippen molar-refractivity contribution >= 4 is 29.3 Å². The van der Waals surface area contributed by atoms with Crippen LogP contribution < -0.4 is 0 Å². The standard InChI is InChI=1S/C19H22ClN3OS/c20-18-5-3-16(4-6-18)14-25-15-19(24)23-10-8-22(9-11-23)13-17-2-1-7-21-12-17/h1-7,12H,8-11,13-15H2. The molecular weight excluding hydrogens is 354 g/mol. The Bertz CT molecular complexity index is 673. The molecule has 1 aromatic heterocycles. The summed E-state index contributed by atoms with van der Waals surface area (Å²) in [4.78, 5) is 20.9. The first-order valence-electron chi connectivity index (χ1n) is 8.42. The number of piperazine rings is 1. The summed E-state index contributed by atoms with van der Waals surface area (Å²) in [6, 6.07) is 11.9. The molecule has 0 unspecified atom stereocenters. The van der Waals surface area contributed by atoms with E-state index in [9.17, 15) is 4.79 Å². The van der Waals surface area contributed by atoms with Gasteiger partial charge in [0.2, 0.25) is 5.91 Å². The fourth-order valence-corrected chi connectivity index (χ4v) is 3.85. The number of halogens is 1. The van der Waals surface area contributed by atoms with Crippen LogP contribution in [0.1, 0.15) is 11.1 Å². The second kappa shape index (κ2) is 9.22. The summed E-state index contributed by atoms with van der Waals surface area (Å²) in [5.41, 5.74) is 2.42. The third-order valence-electron chi connectivity index (χ3n) is 4.26. The van der Waals surface area contributed by atoms with E-state index in [4.69, 9.17) is 11.6 Å². The first kappa shape index (κ1) is 18.2. The number of aromatic nitrogens is 1. The molecule has 1 aromatic carbocycles. The molecule has 0 radical (unpaired) electrons. The van der Waals surface area contributed by atoms with E-state index in [0.29, 0.717) is 5.75 Å². The molecule has 2 aromatic rings. The smallest absolute Gasteiger partial charge is 0.232 e. The fraction of sp³-hybridized carbons (Fsp3) is 0.368. The predicted molar refractivity (Wildman–Crippen MR) is 104 cm³/mol. The maximum atomic E-state index is 12.4. The van der Waals surface area contributed by atoms with E-state index >= 15 is 0 Å². The number of thioether (sulfide) groups is 1. The van der Waals surface area contributed by atoms with E-state index < -0.39 is 0 Å². The van der Waals surface area contributed by atoms with Gasteiger partial charge >= 0.3 is 0 Å². The third-order valence-corrected chi connectivity index (χ3v) is 5.50.